The van der Waals surface area contributed by atoms with E-state index in [0.717, 1.165) is 5.56 Å². The van der Waals surface area contributed by atoms with Crippen molar-refractivity contribution in [1.29, 1.82) is 0 Å². The molecule has 0 radical (unpaired) electrons. The van der Waals surface area contributed by atoms with Crippen molar-refractivity contribution in [2.75, 3.05) is 24.7 Å². The number of carbonyl (C=O) groups excluding carboxylic acids is 3. The second kappa shape index (κ2) is 15.8. The Morgan fingerprint density at radius 1 is 1.03 bits per heavy atom. The van der Waals surface area contributed by atoms with Crippen LogP contribution in [0.5, 0.6) is 5.75 Å². The molecule has 0 aromatic heterocycles. The van der Waals surface area contributed by atoms with E-state index >= 15 is 0 Å². The third-order valence-corrected chi connectivity index (χ3v) is 4.47. The van der Waals surface area contributed by atoms with Gasteiger partial charge in [-0.15, -0.1) is 0 Å². The highest BCUT2D eigenvalue weighted by molar-refractivity contribution is 6.31. The maximum Gasteiger partial charge on any atom is 0.430 e. The van der Waals surface area contributed by atoms with Gasteiger partial charge in [0.1, 0.15) is 18.3 Å². The Hall–Kier alpha value is -4.20. The first-order valence-electron chi connectivity index (χ1n) is 10.8. The fourth-order valence-electron chi connectivity index (χ4n) is 2.69. The number of nitrogens with zero attached hydrogens (tertiary/aromatic N) is 2. The van der Waals surface area contributed by atoms with Crippen molar-refractivity contribution in [2.24, 2.45) is 16.6 Å². The molecule has 0 heterocycles. The molecule has 0 saturated carbocycles. The number of guanidine groups is 1. The normalized spacial score (nSPS) is 10.4. The minimum absolute atomic E-state index is 0.0554. The Morgan fingerprint density at radius 2 is 1.66 bits per heavy atom. The average Bonchev–Trinajstić information content (AvgIpc) is 2.81. The van der Waals surface area contributed by atoms with E-state index in [0.29, 0.717) is 22.9 Å². The van der Waals surface area contributed by atoms with Crippen LogP contribution in [0.2, 0.25) is 5.02 Å². The molecule has 0 atom stereocenters. The second-order valence-electron chi connectivity index (χ2n) is 7.31. The molecule has 0 bridgehead atoms. The molecule has 0 spiro atoms. The quantitative estimate of drug-likeness (QED) is 0.160. The lowest BCUT2D eigenvalue weighted by molar-refractivity contribution is -0.344. The Labute approximate surface area is 220 Å². The molecule has 0 unspecified atom stereocenters. The van der Waals surface area contributed by atoms with Gasteiger partial charge in [0, 0.05) is 42.1 Å². The van der Waals surface area contributed by atoms with Crippen molar-refractivity contribution in [2.45, 2.75) is 25.4 Å². The van der Waals surface area contributed by atoms with Crippen LogP contribution in [-0.2, 0) is 25.6 Å². The van der Waals surface area contributed by atoms with Crippen molar-refractivity contribution in [3.63, 3.8) is 0 Å². The number of amides is 1. The monoisotopic (exact) mass is 560 g/mol. The molecule has 11 nitrogen and oxygen atoms in total. The number of aliphatic carboxylic acids is 2. The molecule has 0 fully saturated rings. The summed E-state index contributed by atoms with van der Waals surface area (Å²) in [5, 5.41) is 23.5. The molecule has 1 amide bonds. The molecular weight excluding hydrogens is 537 g/mol. The summed E-state index contributed by atoms with van der Waals surface area (Å²) in [5.74, 6) is -4.27. The number of anilines is 1. The van der Waals surface area contributed by atoms with Crippen molar-refractivity contribution < 1.29 is 47.3 Å². The predicted octanol–water partition coefficient (Wildman–Crippen LogP) is 0.328. The highest BCUT2D eigenvalue weighted by Gasteiger charge is 2.28. The number of oxime groups is 1. The SMILES string of the molecule is NC(N)=NOCCCOc1cc(Cl)cc(N(CCC(=O)[O-])C(=O)Cc2ccccc2)c1.O=C([O-])C(F)(F)F. The van der Waals surface area contributed by atoms with E-state index in [9.17, 15) is 27.9 Å². The van der Waals surface area contributed by atoms with E-state index in [1.165, 1.54) is 4.90 Å². The lowest BCUT2D eigenvalue weighted by Gasteiger charge is -2.24. The van der Waals surface area contributed by atoms with Crippen LogP contribution in [0, 0.1) is 0 Å². The van der Waals surface area contributed by atoms with Crippen molar-refractivity contribution in [3.8, 4) is 5.75 Å². The zero-order valence-electron chi connectivity index (χ0n) is 19.8. The number of carboxylic acid groups (broad SMARTS) is 2. The maximum absolute atomic E-state index is 12.9. The first kappa shape index (κ1) is 31.8. The zero-order valence-corrected chi connectivity index (χ0v) is 20.5. The van der Waals surface area contributed by atoms with Crippen LogP contribution in [0.1, 0.15) is 18.4 Å². The number of rotatable bonds is 12. The lowest BCUT2D eigenvalue weighted by Crippen LogP contribution is -2.37. The highest BCUT2D eigenvalue weighted by atomic mass is 35.5. The zero-order chi connectivity index (χ0) is 28.7. The molecule has 0 saturated heterocycles. The van der Waals surface area contributed by atoms with Gasteiger partial charge in [-0.05, 0) is 22.9 Å². The number of halogens is 4. The molecule has 2 rings (SSSR count). The van der Waals surface area contributed by atoms with E-state index < -0.39 is 18.1 Å². The van der Waals surface area contributed by atoms with Crippen molar-refractivity contribution in [3.05, 3.63) is 59.1 Å². The van der Waals surface area contributed by atoms with Crippen LogP contribution in [0.25, 0.3) is 0 Å². The van der Waals surface area contributed by atoms with Crippen molar-refractivity contribution >= 4 is 41.1 Å². The molecule has 15 heteroatoms. The van der Waals surface area contributed by atoms with Crippen LogP contribution in [-0.4, -0.2) is 49.7 Å². The third-order valence-electron chi connectivity index (χ3n) is 4.26. The fraction of sp³-hybridized carbons (Fsp3) is 0.304. The first-order valence-corrected chi connectivity index (χ1v) is 11.1. The summed E-state index contributed by atoms with van der Waals surface area (Å²) in [4.78, 5) is 38.9. The molecular formula is C23H24ClF3N4O7-2. The van der Waals surface area contributed by atoms with Gasteiger partial charge in [0.15, 0.2) is 0 Å². The minimum atomic E-state index is -5.19. The number of hydrogen-bond donors (Lipinski definition) is 2. The largest absolute Gasteiger partial charge is 0.550 e. The average molecular weight is 561 g/mol. The van der Waals surface area contributed by atoms with Crippen LogP contribution in [0.4, 0.5) is 18.9 Å². The summed E-state index contributed by atoms with van der Waals surface area (Å²) in [6.07, 6.45) is -4.90. The van der Waals surface area contributed by atoms with E-state index in [-0.39, 0.29) is 44.5 Å². The molecule has 4 N–H and O–H groups in total. The highest BCUT2D eigenvalue weighted by Crippen LogP contribution is 2.28. The maximum atomic E-state index is 12.9. The Kier molecular flexibility index (Phi) is 13.2. The summed E-state index contributed by atoms with van der Waals surface area (Å²) in [6.45, 7) is 0.482. The number of ether oxygens (including phenoxy) is 1. The molecule has 0 aliphatic carbocycles. The molecule has 0 aliphatic heterocycles. The standard InChI is InChI=1S/C21H25ClN4O5.C2HF3O2/c22-16-12-17(14-18(13-16)30-9-4-10-31-25-21(23)24)26(8-7-20(28)29)19(27)11-15-5-2-1-3-6-15;3-2(4,5)1(6)7/h1-3,5-6,12-14H,4,7-11H2,(H,28,29)(H4,23,24,25);(H,6,7)/p-2. The van der Waals surface area contributed by atoms with Gasteiger partial charge in [-0.2, -0.15) is 13.2 Å². The van der Waals surface area contributed by atoms with Crippen LogP contribution >= 0.6 is 11.6 Å². The summed E-state index contributed by atoms with van der Waals surface area (Å²) < 4.78 is 37.2. The summed E-state index contributed by atoms with van der Waals surface area (Å²) in [6, 6.07) is 14.0. The number of carbonyl (C=O) groups is 3. The third kappa shape index (κ3) is 13.2. The summed E-state index contributed by atoms with van der Waals surface area (Å²) in [5.41, 5.74) is 11.6. The van der Waals surface area contributed by atoms with Crippen molar-refractivity contribution in [1.82, 2.24) is 0 Å². The van der Waals surface area contributed by atoms with Gasteiger partial charge < -0.3 is 45.7 Å². The van der Waals surface area contributed by atoms with Crippen LogP contribution < -0.4 is 31.3 Å². The van der Waals surface area contributed by atoms with Gasteiger partial charge in [-0.25, -0.2) is 0 Å². The molecule has 0 aliphatic rings. The number of hydrogen-bond acceptors (Lipinski definition) is 8. The predicted molar refractivity (Wildman–Crippen MR) is 127 cm³/mol. The minimum Gasteiger partial charge on any atom is -0.550 e. The van der Waals surface area contributed by atoms with E-state index in [4.69, 9.17) is 42.5 Å². The lowest BCUT2D eigenvalue weighted by atomic mass is 10.1. The molecule has 2 aromatic carbocycles. The van der Waals surface area contributed by atoms with E-state index in [1.807, 2.05) is 30.3 Å². The Morgan fingerprint density at radius 3 is 2.21 bits per heavy atom. The Bertz CT molecular complexity index is 1100. The second-order valence-corrected chi connectivity index (χ2v) is 7.75. The van der Waals surface area contributed by atoms with Gasteiger partial charge in [0.25, 0.3) is 0 Å². The smallest absolute Gasteiger partial charge is 0.430 e. The number of nitrogens with two attached hydrogens (primary N) is 2. The fourth-order valence-corrected chi connectivity index (χ4v) is 2.91. The van der Waals surface area contributed by atoms with Gasteiger partial charge >= 0.3 is 6.18 Å². The van der Waals surface area contributed by atoms with Gasteiger partial charge in [0.2, 0.25) is 11.9 Å². The van der Waals surface area contributed by atoms with E-state index in [1.54, 1.807) is 18.2 Å². The molecule has 38 heavy (non-hydrogen) atoms. The summed E-state index contributed by atoms with van der Waals surface area (Å²) >= 11 is 6.20. The Balaban J connectivity index is 0.000000905. The van der Waals surface area contributed by atoms with Gasteiger partial charge in [-0.3, -0.25) is 4.79 Å². The molecule has 2 aromatic rings. The van der Waals surface area contributed by atoms with E-state index in [2.05, 4.69) is 5.16 Å². The topological polar surface area (TPSA) is 183 Å². The summed E-state index contributed by atoms with van der Waals surface area (Å²) in [7, 11) is 0. The molecule has 208 valence electrons. The number of alkyl halides is 3. The number of benzene rings is 2. The number of carboxylic acids is 2. The van der Waals surface area contributed by atoms with Crippen LogP contribution in [0.15, 0.2) is 53.7 Å². The first-order chi connectivity index (χ1) is 17.8. The van der Waals surface area contributed by atoms with Gasteiger partial charge in [0.05, 0.1) is 13.0 Å². The van der Waals surface area contributed by atoms with Crippen LogP contribution in [0.3, 0.4) is 0 Å². The van der Waals surface area contributed by atoms with Gasteiger partial charge in [-0.1, -0.05) is 41.9 Å².